The molecule has 0 radical (unpaired) electrons. The Morgan fingerprint density at radius 1 is 1.07 bits per heavy atom. The average Bonchev–Trinajstić information content (AvgIpc) is 2.95. The van der Waals surface area contributed by atoms with Crippen LogP contribution in [0.1, 0.15) is 74.4 Å². The zero-order valence-electron chi connectivity index (χ0n) is 23.8. The van der Waals surface area contributed by atoms with Gasteiger partial charge in [-0.1, -0.05) is 56.3 Å². The van der Waals surface area contributed by atoms with E-state index in [0.29, 0.717) is 18.7 Å². The van der Waals surface area contributed by atoms with Crippen LogP contribution in [0.4, 0.5) is 17.6 Å². The number of carbonyl (C=O) groups is 1. The molecule has 0 spiro atoms. The van der Waals surface area contributed by atoms with Gasteiger partial charge in [0.1, 0.15) is 0 Å². The number of piperidine rings is 1. The Morgan fingerprint density at radius 2 is 1.73 bits per heavy atom. The minimum absolute atomic E-state index is 0.0591. The van der Waals surface area contributed by atoms with Crippen molar-refractivity contribution in [3.8, 4) is 0 Å². The quantitative estimate of drug-likeness (QED) is 0.217. The molecule has 2 N–H and O–H groups in total. The molecule has 3 atom stereocenters. The molecule has 0 aliphatic carbocycles. The van der Waals surface area contributed by atoms with Gasteiger partial charge < -0.3 is 10.0 Å². The van der Waals surface area contributed by atoms with Crippen LogP contribution >= 0.6 is 0 Å². The van der Waals surface area contributed by atoms with E-state index in [1.165, 1.54) is 12.1 Å². The smallest absolute Gasteiger partial charge is 0.385 e. The SMILES string of the molecule is CCN(CC)CCCC(C)NC(CC(F)C(=O)c1ccccc1)N1CCC(O)(c2cccc(C(F)(F)F)c2)CC1. The van der Waals surface area contributed by atoms with Gasteiger partial charge in [-0.05, 0) is 69.9 Å². The van der Waals surface area contributed by atoms with Crippen molar-refractivity contribution in [3.63, 3.8) is 0 Å². The number of rotatable bonds is 14. The Morgan fingerprint density at radius 3 is 2.33 bits per heavy atom. The normalized spacial score (nSPS) is 18.4. The summed E-state index contributed by atoms with van der Waals surface area (Å²) in [7, 11) is 0. The molecule has 3 rings (SSSR count). The number of carbonyl (C=O) groups excluding carboxylic acids is 1. The molecule has 2 aromatic rings. The van der Waals surface area contributed by atoms with Gasteiger partial charge in [0.15, 0.2) is 12.0 Å². The van der Waals surface area contributed by atoms with Crippen LogP contribution in [-0.2, 0) is 11.8 Å². The first kappa shape index (κ1) is 32.2. The molecule has 1 aliphatic heterocycles. The molecule has 0 bridgehead atoms. The summed E-state index contributed by atoms with van der Waals surface area (Å²) in [6.07, 6.45) is -4.48. The summed E-state index contributed by atoms with van der Waals surface area (Å²) in [5.41, 5.74) is -1.65. The average molecular weight is 566 g/mol. The van der Waals surface area contributed by atoms with Crippen LogP contribution in [0.5, 0.6) is 0 Å². The summed E-state index contributed by atoms with van der Waals surface area (Å²) in [6, 6.07) is 13.3. The summed E-state index contributed by atoms with van der Waals surface area (Å²) < 4.78 is 55.2. The third kappa shape index (κ3) is 8.83. The molecule has 1 saturated heterocycles. The number of hydrogen-bond donors (Lipinski definition) is 2. The summed E-state index contributed by atoms with van der Waals surface area (Å²) >= 11 is 0. The molecule has 9 heteroatoms. The zero-order valence-corrected chi connectivity index (χ0v) is 23.8. The van der Waals surface area contributed by atoms with Crippen molar-refractivity contribution in [2.75, 3.05) is 32.7 Å². The van der Waals surface area contributed by atoms with E-state index < -0.39 is 35.5 Å². The molecule has 222 valence electrons. The van der Waals surface area contributed by atoms with Crippen molar-refractivity contribution in [1.29, 1.82) is 0 Å². The summed E-state index contributed by atoms with van der Waals surface area (Å²) in [5, 5.41) is 14.8. The van der Waals surface area contributed by atoms with Gasteiger partial charge in [0, 0.05) is 31.1 Å². The van der Waals surface area contributed by atoms with Crippen molar-refractivity contribution >= 4 is 5.78 Å². The van der Waals surface area contributed by atoms with Crippen LogP contribution in [-0.4, -0.2) is 71.8 Å². The van der Waals surface area contributed by atoms with Gasteiger partial charge in [-0.2, -0.15) is 13.2 Å². The van der Waals surface area contributed by atoms with E-state index in [2.05, 4.69) is 24.1 Å². The maximum Gasteiger partial charge on any atom is 0.416 e. The van der Waals surface area contributed by atoms with Gasteiger partial charge in [0.05, 0.1) is 17.3 Å². The molecule has 1 aliphatic rings. The van der Waals surface area contributed by atoms with Crippen molar-refractivity contribution in [3.05, 3.63) is 71.3 Å². The number of Topliss-reactive ketones (excluding diaryl/α,β-unsaturated/α-hetero) is 1. The van der Waals surface area contributed by atoms with E-state index in [9.17, 15) is 23.1 Å². The fourth-order valence-electron chi connectivity index (χ4n) is 5.46. The predicted octanol–water partition coefficient (Wildman–Crippen LogP) is 6.03. The van der Waals surface area contributed by atoms with E-state index in [-0.39, 0.29) is 30.9 Å². The first-order valence-corrected chi connectivity index (χ1v) is 14.3. The molecule has 40 heavy (non-hydrogen) atoms. The van der Waals surface area contributed by atoms with Crippen LogP contribution < -0.4 is 5.32 Å². The lowest BCUT2D eigenvalue weighted by Gasteiger charge is -2.43. The first-order chi connectivity index (χ1) is 19.0. The lowest BCUT2D eigenvalue weighted by Crippen LogP contribution is -2.55. The monoisotopic (exact) mass is 565 g/mol. The highest BCUT2D eigenvalue weighted by Gasteiger charge is 2.39. The van der Waals surface area contributed by atoms with Crippen molar-refractivity contribution in [2.24, 2.45) is 0 Å². The maximum absolute atomic E-state index is 15.4. The second-order valence-corrected chi connectivity index (χ2v) is 10.8. The lowest BCUT2D eigenvalue weighted by atomic mass is 9.83. The van der Waals surface area contributed by atoms with Gasteiger partial charge in [-0.25, -0.2) is 4.39 Å². The minimum atomic E-state index is -4.50. The summed E-state index contributed by atoms with van der Waals surface area (Å²) in [6.45, 7) is 9.93. The second kappa shape index (κ2) is 14.5. The van der Waals surface area contributed by atoms with Gasteiger partial charge in [-0.3, -0.25) is 15.0 Å². The molecule has 2 aromatic carbocycles. The Kier molecular flexibility index (Phi) is 11.7. The van der Waals surface area contributed by atoms with E-state index in [4.69, 9.17) is 0 Å². The Bertz CT molecular complexity index is 1050. The fraction of sp³-hybridized carbons (Fsp3) is 0.581. The molecule has 0 amide bonds. The van der Waals surface area contributed by atoms with Gasteiger partial charge in [0.25, 0.3) is 0 Å². The number of alkyl halides is 4. The number of aliphatic hydroxyl groups is 1. The van der Waals surface area contributed by atoms with Crippen molar-refractivity contribution in [2.45, 2.75) is 83.0 Å². The Labute approximate surface area is 235 Å². The molecule has 3 unspecified atom stereocenters. The largest absolute Gasteiger partial charge is 0.416 e. The minimum Gasteiger partial charge on any atom is -0.385 e. The van der Waals surface area contributed by atoms with Crippen LogP contribution in [0, 0.1) is 0 Å². The third-order valence-electron chi connectivity index (χ3n) is 8.05. The highest BCUT2D eigenvalue weighted by Crippen LogP contribution is 2.37. The van der Waals surface area contributed by atoms with Crippen LogP contribution in [0.15, 0.2) is 54.6 Å². The number of nitrogens with zero attached hydrogens (tertiary/aromatic N) is 2. The number of hydrogen-bond acceptors (Lipinski definition) is 5. The zero-order chi connectivity index (χ0) is 29.3. The highest BCUT2D eigenvalue weighted by molar-refractivity contribution is 5.99. The fourth-order valence-corrected chi connectivity index (χ4v) is 5.46. The van der Waals surface area contributed by atoms with E-state index in [1.54, 1.807) is 30.3 Å². The number of likely N-dealkylation sites (tertiary alicyclic amines) is 1. The number of halogens is 4. The molecular formula is C31H43F4N3O2. The van der Waals surface area contributed by atoms with Crippen LogP contribution in [0.25, 0.3) is 0 Å². The van der Waals surface area contributed by atoms with Crippen molar-refractivity contribution < 1.29 is 27.5 Å². The number of benzene rings is 2. The molecule has 5 nitrogen and oxygen atoms in total. The van der Waals surface area contributed by atoms with E-state index in [0.717, 1.165) is 44.6 Å². The van der Waals surface area contributed by atoms with Crippen LogP contribution in [0.2, 0.25) is 0 Å². The van der Waals surface area contributed by atoms with Crippen molar-refractivity contribution in [1.82, 2.24) is 15.1 Å². The van der Waals surface area contributed by atoms with Gasteiger partial charge in [0.2, 0.25) is 0 Å². The highest BCUT2D eigenvalue weighted by atomic mass is 19.4. The predicted molar refractivity (Wildman–Crippen MR) is 150 cm³/mol. The molecule has 1 fully saturated rings. The van der Waals surface area contributed by atoms with Crippen LogP contribution in [0.3, 0.4) is 0 Å². The molecule has 1 heterocycles. The molecule has 0 saturated carbocycles. The molecular weight excluding hydrogens is 522 g/mol. The molecule has 0 aromatic heterocycles. The van der Waals surface area contributed by atoms with E-state index >= 15 is 4.39 Å². The second-order valence-electron chi connectivity index (χ2n) is 10.8. The summed E-state index contributed by atoms with van der Waals surface area (Å²) in [5.74, 6) is -0.570. The topological polar surface area (TPSA) is 55.8 Å². The lowest BCUT2D eigenvalue weighted by molar-refractivity contribution is -0.137. The first-order valence-electron chi connectivity index (χ1n) is 14.3. The van der Waals surface area contributed by atoms with E-state index in [1.807, 2.05) is 11.8 Å². The standard InChI is InChI=1S/C31H43F4N3O2/c1-4-37(5-2)18-10-11-23(3)36-28(22-27(32)29(39)24-12-7-6-8-13-24)38-19-16-30(40,17-20-38)25-14-9-15-26(21-25)31(33,34)35/h6-9,12-15,21,23,27-28,36,40H,4-5,10-11,16-20,22H2,1-3H3. The number of nitrogens with one attached hydrogen (secondary N) is 1. The Balaban J connectivity index is 1.70. The third-order valence-corrected chi connectivity index (χ3v) is 8.05. The number of ketones is 1. The Hall–Kier alpha value is -2.33. The van der Waals surface area contributed by atoms with Gasteiger partial charge in [-0.15, -0.1) is 0 Å². The maximum atomic E-state index is 15.4. The summed E-state index contributed by atoms with van der Waals surface area (Å²) in [4.78, 5) is 17.2. The van der Waals surface area contributed by atoms with Gasteiger partial charge >= 0.3 is 6.18 Å².